The molecule has 0 aromatic rings. The largest absolute Gasteiger partial charge is 0.314 e. The fraction of sp³-hybridized carbons (Fsp3) is 1.00. The zero-order valence-electron chi connectivity index (χ0n) is 13.2. The summed E-state index contributed by atoms with van der Waals surface area (Å²) in [5, 5.41) is 3.78. The summed E-state index contributed by atoms with van der Waals surface area (Å²) in [5.41, 5.74) is 0. The number of nitrogens with one attached hydrogen (secondary N) is 1. The smallest absolute Gasteiger partial charge is 0.0107 e. The predicted molar refractivity (Wildman–Crippen MR) is 83.5 cm³/mol. The lowest BCUT2D eigenvalue weighted by atomic mass is 9.98. The van der Waals surface area contributed by atoms with Crippen LogP contribution in [0.2, 0.25) is 0 Å². The van der Waals surface area contributed by atoms with E-state index in [2.05, 4.69) is 24.1 Å². The van der Waals surface area contributed by atoms with Gasteiger partial charge in [-0.1, -0.05) is 26.7 Å². The lowest BCUT2D eigenvalue weighted by Gasteiger charge is -2.28. The van der Waals surface area contributed by atoms with Gasteiger partial charge in [0, 0.05) is 12.6 Å². The Kier molecular flexibility index (Phi) is 6.66. The third kappa shape index (κ3) is 4.75. The highest BCUT2D eigenvalue weighted by Gasteiger charge is 2.28. The molecular weight excluding hydrogens is 232 g/mol. The van der Waals surface area contributed by atoms with Crippen LogP contribution in [-0.2, 0) is 0 Å². The molecule has 0 spiro atoms. The molecule has 2 heteroatoms. The van der Waals surface area contributed by atoms with E-state index in [1.165, 1.54) is 77.5 Å². The molecule has 1 aliphatic heterocycles. The highest BCUT2D eigenvalue weighted by Crippen LogP contribution is 2.28. The third-order valence-corrected chi connectivity index (χ3v) is 5.33. The Hall–Kier alpha value is -0.0800. The molecule has 1 N–H and O–H groups in total. The van der Waals surface area contributed by atoms with Crippen molar-refractivity contribution in [2.45, 2.75) is 71.3 Å². The topological polar surface area (TPSA) is 15.3 Å². The summed E-state index contributed by atoms with van der Waals surface area (Å²) in [5.74, 6) is 1.92. The summed E-state index contributed by atoms with van der Waals surface area (Å²) >= 11 is 0. The Morgan fingerprint density at radius 2 is 1.89 bits per heavy atom. The Labute approximate surface area is 120 Å². The maximum Gasteiger partial charge on any atom is 0.0107 e. The molecule has 112 valence electrons. The van der Waals surface area contributed by atoms with Gasteiger partial charge in [0.15, 0.2) is 0 Å². The van der Waals surface area contributed by atoms with Crippen molar-refractivity contribution >= 4 is 0 Å². The molecule has 2 fully saturated rings. The lowest BCUT2D eigenvalue weighted by molar-refractivity contribution is 0.217. The molecule has 3 atom stereocenters. The van der Waals surface area contributed by atoms with Crippen LogP contribution >= 0.6 is 0 Å². The Morgan fingerprint density at radius 1 is 1.00 bits per heavy atom. The molecule has 1 heterocycles. The lowest BCUT2D eigenvalue weighted by Crippen LogP contribution is -2.40. The minimum Gasteiger partial charge on any atom is -0.314 e. The summed E-state index contributed by atoms with van der Waals surface area (Å²) in [7, 11) is 0. The molecule has 2 nitrogen and oxygen atoms in total. The summed E-state index contributed by atoms with van der Waals surface area (Å²) in [6, 6.07) is 0.810. The molecule has 0 radical (unpaired) electrons. The van der Waals surface area contributed by atoms with Crippen molar-refractivity contribution in [3.63, 3.8) is 0 Å². The first-order valence-electron chi connectivity index (χ1n) is 8.79. The van der Waals surface area contributed by atoms with E-state index in [0.29, 0.717) is 0 Å². The minimum atomic E-state index is 0.810. The molecule has 0 aromatic carbocycles. The molecule has 3 unspecified atom stereocenters. The number of nitrogens with zero attached hydrogens (tertiary/aromatic N) is 1. The number of hydrogen-bond donors (Lipinski definition) is 1. The van der Waals surface area contributed by atoms with Gasteiger partial charge >= 0.3 is 0 Å². The molecule has 0 aromatic heterocycles. The van der Waals surface area contributed by atoms with Crippen molar-refractivity contribution in [2.24, 2.45) is 11.8 Å². The second-order valence-corrected chi connectivity index (χ2v) is 6.76. The van der Waals surface area contributed by atoms with Crippen LogP contribution in [0.25, 0.3) is 0 Å². The van der Waals surface area contributed by atoms with Crippen LogP contribution in [-0.4, -0.2) is 37.1 Å². The zero-order valence-corrected chi connectivity index (χ0v) is 13.2. The average molecular weight is 266 g/mol. The third-order valence-electron chi connectivity index (χ3n) is 5.33. The van der Waals surface area contributed by atoms with E-state index in [-0.39, 0.29) is 0 Å². The zero-order chi connectivity index (χ0) is 13.5. The molecule has 1 saturated heterocycles. The van der Waals surface area contributed by atoms with Crippen LogP contribution in [0.15, 0.2) is 0 Å². The highest BCUT2D eigenvalue weighted by molar-refractivity contribution is 4.85. The van der Waals surface area contributed by atoms with Crippen LogP contribution in [0.1, 0.15) is 65.2 Å². The molecule has 19 heavy (non-hydrogen) atoms. The van der Waals surface area contributed by atoms with Crippen molar-refractivity contribution in [1.29, 1.82) is 0 Å². The van der Waals surface area contributed by atoms with Gasteiger partial charge in [-0.2, -0.15) is 0 Å². The predicted octanol–water partition coefficient (Wildman–Crippen LogP) is 3.67. The first-order chi connectivity index (χ1) is 9.33. The second-order valence-electron chi connectivity index (χ2n) is 6.76. The maximum absolute atomic E-state index is 3.78. The summed E-state index contributed by atoms with van der Waals surface area (Å²) < 4.78 is 0. The summed E-state index contributed by atoms with van der Waals surface area (Å²) in [4.78, 5) is 2.77. The molecular formula is C17H34N2. The number of rotatable bonds is 6. The number of hydrogen-bond acceptors (Lipinski definition) is 2. The van der Waals surface area contributed by atoms with Crippen LogP contribution < -0.4 is 5.32 Å². The van der Waals surface area contributed by atoms with Gasteiger partial charge in [0.1, 0.15) is 0 Å². The molecule has 2 aliphatic rings. The molecule has 1 aliphatic carbocycles. The van der Waals surface area contributed by atoms with E-state index < -0.39 is 0 Å². The van der Waals surface area contributed by atoms with Gasteiger partial charge in [0.25, 0.3) is 0 Å². The van der Waals surface area contributed by atoms with Crippen molar-refractivity contribution in [1.82, 2.24) is 10.2 Å². The van der Waals surface area contributed by atoms with Crippen molar-refractivity contribution < 1.29 is 0 Å². The second kappa shape index (κ2) is 8.26. The van der Waals surface area contributed by atoms with Gasteiger partial charge < -0.3 is 10.2 Å². The van der Waals surface area contributed by atoms with E-state index in [9.17, 15) is 0 Å². The highest BCUT2D eigenvalue weighted by atomic mass is 15.1. The fourth-order valence-electron chi connectivity index (χ4n) is 4.00. The van der Waals surface area contributed by atoms with Crippen LogP contribution in [0.5, 0.6) is 0 Å². The van der Waals surface area contributed by atoms with Gasteiger partial charge in [-0.15, -0.1) is 0 Å². The maximum atomic E-state index is 3.78. The van der Waals surface area contributed by atoms with E-state index in [1.807, 2.05) is 0 Å². The first-order valence-corrected chi connectivity index (χ1v) is 8.79. The van der Waals surface area contributed by atoms with Crippen LogP contribution in [0.3, 0.4) is 0 Å². The van der Waals surface area contributed by atoms with Crippen LogP contribution in [0, 0.1) is 11.8 Å². The fourth-order valence-corrected chi connectivity index (χ4v) is 4.00. The van der Waals surface area contributed by atoms with Gasteiger partial charge in [-0.25, -0.2) is 0 Å². The normalized spacial score (nSPS) is 33.5. The SMILES string of the molecule is CCCNC1CCCC1CN1CCCC(CC)CC1. The van der Waals surface area contributed by atoms with Gasteiger partial charge in [-0.05, 0) is 70.0 Å². The van der Waals surface area contributed by atoms with Gasteiger partial charge in [0.05, 0.1) is 0 Å². The van der Waals surface area contributed by atoms with Crippen LogP contribution in [0.4, 0.5) is 0 Å². The Balaban J connectivity index is 1.76. The Morgan fingerprint density at radius 3 is 2.68 bits per heavy atom. The van der Waals surface area contributed by atoms with Crippen molar-refractivity contribution in [3.05, 3.63) is 0 Å². The van der Waals surface area contributed by atoms with Crippen molar-refractivity contribution in [3.8, 4) is 0 Å². The molecule has 0 amide bonds. The summed E-state index contributed by atoms with van der Waals surface area (Å²) in [6.45, 7) is 9.92. The average Bonchev–Trinajstić information content (AvgIpc) is 2.73. The standard InChI is InChI=1S/C17H34N2/c1-3-11-18-17-9-5-8-16(17)14-19-12-6-7-15(4-2)10-13-19/h15-18H,3-14H2,1-2H3. The molecule has 1 saturated carbocycles. The van der Waals surface area contributed by atoms with E-state index in [1.54, 1.807) is 0 Å². The Bertz CT molecular complexity index is 241. The number of likely N-dealkylation sites (tertiary alicyclic amines) is 1. The monoisotopic (exact) mass is 266 g/mol. The first kappa shape index (κ1) is 15.3. The minimum absolute atomic E-state index is 0.810. The van der Waals surface area contributed by atoms with E-state index in [4.69, 9.17) is 0 Å². The molecule has 2 rings (SSSR count). The van der Waals surface area contributed by atoms with E-state index >= 15 is 0 Å². The van der Waals surface area contributed by atoms with Gasteiger partial charge in [0.2, 0.25) is 0 Å². The molecule has 0 bridgehead atoms. The quantitative estimate of drug-likeness (QED) is 0.789. The van der Waals surface area contributed by atoms with Gasteiger partial charge in [-0.3, -0.25) is 0 Å². The van der Waals surface area contributed by atoms with E-state index in [0.717, 1.165) is 17.9 Å². The van der Waals surface area contributed by atoms with Crippen molar-refractivity contribution in [2.75, 3.05) is 26.2 Å². The summed E-state index contributed by atoms with van der Waals surface area (Å²) in [6.07, 6.45) is 11.3.